The van der Waals surface area contributed by atoms with Crippen molar-refractivity contribution in [2.24, 2.45) is 0 Å². The number of nitrogens with zero attached hydrogens (tertiary/aromatic N) is 6. The minimum absolute atomic E-state index is 0. The number of halogens is 1. The Morgan fingerprint density at radius 3 is 2.53 bits per heavy atom. The molecule has 178 valence electrons. The van der Waals surface area contributed by atoms with Crippen molar-refractivity contribution < 1.29 is 0 Å². The monoisotopic (exact) mass is 497 g/mol. The fraction of sp³-hybridized carbons (Fsp3) is 0.0769. The maximum absolute atomic E-state index is 13.0. The van der Waals surface area contributed by atoms with Gasteiger partial charge < -0.3 is 4.98 Å². The molecule has 6 aromatic rings. The van der Waals surface area contributed by atoms with Crippen LogP contribution in [0.4, 0.5) is 0 Å². The first-order chi connectivity index (χ1) is 17.2. The van der Waals surface area contributed by atoms with Gasteiger partial charge in [-0.25, -0.2) is 0 Å². The Balaban J connectivity index is 0.00000267. The fourth-order valence-electron chi connectivity index (χ4n) is 4.32. The Bertz CT molecular complexity index is 1810. The van der Waals surface area contributed by atoms with Gasteiger partial charge in [0.25, 0.3) is 0 Å². The van der Waals surface area contributed by atoms with Crippen molar-refractivity contribution in [1.29, 1.82) is 0 Å². The van der Waals surface area contributed by atoms with E-state index in [4.69, 9.17) is 0 Å². The lowest BCUT2D eigenvalue weighted by Crippen LogP contribution is -2.35. The van der Waals surface area contributed by atoms with Crippen LogP contribution >= 0.6 is 12.4 Å². The minimum atomic E-state index is -0.683. The van der Waals surface area contributed by atoms with E-state index < -0.39 is 11.1 Å². The predicted octanol–water partition coefficient (Wildman–Crippen LogP) is 3.41. The molecule has 9 nitrogen and oxygen atoms in total. The molecule has 0 atom stereocenters. The third-order valence-electron chi connectivity index (χ3n) is 5.98. The van der Waals surface area contributed by atoms with Crippen molar-refractivity contribution in [3.8, 4) is 11.4 Å². The second-order valence-electron chi connectivity index (χ2n) is 8.12. The van der Waals surface area contributed by atoms with Crippen LogP contribution in [0.5, 0.6) is 0 Å². The molecule has 36 heavy (non-hydrogen) atoms. The van der Waals surface area contributed by atoms with Crippen LogP contribution < -0.4 is 11.1 Å². The minimum Gasteiger partial charge on any atom is -0.315 e. The Kier molecular flexibility index (Phi) is 6.14. The van der Waals surface area contributed by atoms with Crippen LogP contribution in [0.15, 0.2) is 94.6 Å². The molecule has 0 spiro atoms. The molecule has 0 saturated carbocycles. The van der Waals surface area contributed by atoms with Crippen molar-refractivity contribution in [1.82, 2.24) is 34.7 Å². The van der Waals surface area contributed by atoms with Crippen molar-refractivity contribution in [3.63, 3.8) is 0 Å². The fourth-order valence-corrected chi connectivity index (χ4v) is 4.32. The third-order valence-corrected chi connectivity index (χ3v) is 5.98. The number of nitrogens with one attached hydrogen (secondary N) is 1. The van der Waals surface area contributed by atoms with E-state index in [0.29, 0.717) is 41.1 Å². The summed E-state index contributed by atoms with van der Waals surface area (Å²) < 4.78 is 3.07. The molecule has 10 heteroatoms. The zero-order valence-corrected chi connectivity index (χ0v) is 19.7. The van der Waals surface area contributed by atoms with Crippen LogP contribution in [-0.2, 0) is 12.8 Å². The molecule has 0 aliphatic carbocycles. The molecule has 0 fully saturated rings. The standard InChI is InChI=1S/C26H19N7O2.ClH/c34-25-26(35)32(22-13-11-17-6-1-2-10-21(17)24(22)28-25)19-8-5-9-20(16-19)33-23(29-30-31-33)14-12-18-7-3-4-15-27-18;/h1-11,13,15-16H,12,14H2,(H,28,34);1H. The second kappa shape index (κ2) is 9.55. The largest absolute Gasteiger partial charge is 0.321 e. The highest BCUT2D eigenvalue weighted by Gasteiger charge is 2.14. The van der Waals surface area contributed by atoms with Gasteiger partial charge in [-0.1, -0.05) is 42.5 Å². The molecule has 0 saturated heterocycles. The van der Waals surface area contributed by atoms with Crippen LogP contribution in [-0.4, -0.2) is 34.7 Å². The molecule has 0 radical (unpaired) electrons. The molecule has 0 bridgehead atoms. The van der Waals surface area contributed by atoms with Crippen LogP contribution in [0.2, 0.25) is 0 Å². The maximum atomic E-state index is 13.0. The normalized spacial score (nSPS) is 11.0. The molecule has 6 rings (SSSR count). The number of rotatable bonds is 5. The number of H-pyrrole nitrogens is 1. The quantitative estimate of drug-likeness (QED) is 0.288. The Morgan fingerprint density at radius 1 is 0.833 bits per heavy atom. The molecule has 1 N–H and O–H groups in total. The van der Waals surface area contributed by atoms with E-state index in [-0.39, 0.29) is 12.4 Å². The Labute approximate surface area is 210 Å². The van der Waals surface area contributed by atoms with E-state index >= 15 is 0 Å². The van der Waals surface area contributed by atoms with Gasteiger partial charge in [0.2, 0.25) is 0 Å². The van der Waals surface area contributed by atoms with Crippen LogP contribution in [0.25, 0.3) is 33.2 Å². The van der Waals surface area contributed by atoms with E-state index in [1.54, 1.807) is 23.0 Å². The lowest BCUT2D eigenvalue weighted by molar-refractivity contribution is 0.746. The van der Waals surface area contributed by atoms with Gasteiger partial charge in [-0.05, 0) is 58.6 Å². The first kappa shape index (κ1) is 23.1. The first-order valence-electron chi connectivity index (χ1n) is 11.1. The maximum Gasteiger partial charge on any atom is 0.321 e. The summed E-state index contributed by atoms with van der Waals surface area (Å²) in [7, 11) is 0. The second-order valence-corrected chi connectivity index (χ2v) is 8.12. The van der Waals surface area contributed by atoms with E-state index in [0.717, 1.165) is 16.5 Å². The summed E-state index contributed by atoms with van der Waals surface area (Å²) in [6.07, 6.45) is 3.04. The highest BCUT2D eigenvalue weighted by atomic mass is 35.5. The highest BCUT2D eigenvalue weighted by molar-refractivity contribution is 6.04. The number of tetrazole rings is 1. The van der Waals surface area contributed by atoms with Gasteiger partial charge in [-0.15, -0.1) is 17.5 Å². The summed E-state index contributed by atoms with van der Waals surface area (Å²) in [6.45, 7) is 0. The molecular formula is C26H20ClN7O2. The number of hydrogen-bond donors (Lipinski definition) is 1. The van der Waals surface area contributed by atoms with Crippen LogP contribution in [0, 0.1) is 0 Å². The topological polar surface area (TPSA) is 111 Å². The highest BCUT2D eigenvalue weighted by Crippen LogP contribution is 2.24. The summed E-state index contributed by atoms with van der Waals surface area (Å²) >= 11 is 0. The van der Waals surface area contributed by atoms with E-state index in [2.05, 4.69) is 25.5 Å². The number of benzene rings is 3. The zero-order valence-electron chi connectivity index (χ0n) is 18.9. The summed E-state index contributed by atoms with van der Waals surface area (Å²) in [5.41, 5.74) is 2.06. The number of hydrogen-bond acceptors (Lipinski definition) is 6. The molecule has 3 aromatic carbocycles. The molecule has 3 heterocycles. The van der Waals surface area contributed by atoms with Gasteiger partial charge in [0, 0.05) is 23.7 Å². The number of aromatic nitrogens is 7. The molecule has 0 unspecified atom stereocenters. The summed E-state index contributed by atoms with van der Waals surface area (Å²) in [6, 6.07) is 24.6. The average molecular weight is 498 g/mol. The lowest BCUT2D eigenvalue weighted by Gasteiger charge is -2.13. The smallest absolute Gasteiger partial charge is 0.315 e. The van der Waals surface area contributed by atoms with E-state index in [1.165, 1.54) is 4.57 Å². The van der Waals surface area contributed by atoms with Crippen LogP contribution in [0.1, 0.15) is 11.5 Å². The van der Waals surface area contributed by atoms with Gasteiger partial charge in [0.15, 0.2) is 5.82 Å². The lowest BCUT2D eigenvalue weighted by atomic mass is 10.1. The molecule has 0 aliphatic heterocycles. The van der Waals surface area contributed by atoms with Crippen molar-refractivity contribution in [3.05, 3.63) is 117 Å². The molecule has 0 amide bonds. The van der Waals surface area contributed by atoms with Crippen molar-refractivity contribution >= 4 is 34.2 Å². The third kappa shape index (κ3) is 4.05. The summed E-state index contributed by atoms with van der Waals surface area (Å²) in [5.74, 6) is 0.668. The van der Waals surface area contributed by atoms with Gasteiger partial charge >= 0.3 is 11.1 Å². The zero-order chi connectivity index (χ0) is 23.8. The predicted molar refractivity (Wildman–Crippen MR) is 139 cm³/mol. The number of aryl methyl sites for hydroxylation is 2. The SMILES string of the molecule is Cl.O=c1[nH]c2c3ccccc3ccc2n(-c2cccc(-n3nnnc3CCc3ccccn3)c2)c1=O. The summed E-state index contributed by atoms with van der Waals surface area (Å²) in [4.78, 5) is 32.8. The van der Waals surface area contributed by atoms with Crippen LogP contribution in [0.3, 0.4) is 0 Å². The number of pyridine rings is 1. The van der Waals surface area contributed by atoms with Gasteiger partial charge in [-0.3, -0.25) is 19.1 Å². The molecule has 0 aliphatic rings. The van der Waals surface area contributed by atoms with Gasteiger partial charge in [0.05, 0.1) is 22.4 Å². The summed E-state index contributed by atoms with van der Waals surface area (Å²) in [5, 5.41) is 14.0. The molecule has 3 aromatic heterocycles. The average Bonchev–Trinajstić information content (AvgIpc) is 3.38. The number of aromatic amines is 1. The first-order valence-corrected chi connectivity index (χ1v) is 11.1. The Hall–Kier alpha value is -4.63. The molecular weight excluding hydrogens is 478 g/mol. The number of fused-ring (bicyclic) bond motifs is 3. The van der Waals surface area contributed by atoms with Gasteiger partial charge in [0.1, 0.15) is 0 Å². The van der Waals surface area contributed by atoms with Crippen molar-refractivity contribution in [2.45, 2.75) is 12.8 Å². The van der Waals surface area contributed by atoms with E-state index in [1.807, 2.05) is 66.7 Å². The van der Waals surface area contributed by atoms with Crippen molar-refractivity contribution in [2.75, 3.05) is 0 Å². The van der Waals surface area contributed by atoms with E-state index in [9.17, 15) is 9.59 Å². The van der Waals surface area contributed by atoms with Gasteiger partial charge in [-0.2, -0.15) is 4.68 Å². The Morgan fingerprint density at radius 2 is 1.67 bits per heavy atom.